The highest BCUT2D eigenvalue weighted by Gasteiger charge is 2.05. The van der Waals surface area contributed by atoms with Gasteiger partial charge in [0, 0.05) is 6.07 Å². The minimum atomic E-state index is 0.170. The fourth-order valence-corrected chi connectivity index (χ4v) is 1.94. The largest absolute Gasteiger partial charge is 0.508 e. The molecule has 0 atom stereocenters. The third-order valence-electron chi connectivity index (χ3n) is 3.42. The summed E-state index contributed by atoms with van der Waals surface area (Å²) in [6, 6.07) is 7.33. The first-order valence-electron chi connectivity index (χ1n) is 6.47. The molecule has 2 aromatic carbocycles. The summed E-state index contributed by atoms with van der Waals surface area (Å²) < 4.78 is 0. The molecule has 2 aromatic rings. The molecule has 0 heterocycles. The Labute approximate surface area is 119 Å². The zero-order valence-corrected chi connectivity index (χ0v) is 12.2. The molecule has 0 aliphatic heterocycles. The highest BCUT2D eigenvalue weighted by molar-refractivity contribution is 5.66. The third-order valence-corrected chi connectivity index (χ3v) is 3.42. The van der Waals surface area contributed by atoms with Gasteiger partial charge in [-0.05, 0) is 62.1 Å². The van der Waals surface area contributed by atoms with E-state index in [0.29, 0.717) is 11.4 Å². The zero-order chi connectivity index (χ0) is 14.9. The molecule has 0 saturated heterocycles. The fourth-order valence-electron chi connectivity index (χ4n) is 1.94. The highest BCUT2D eigenvalue weighted by Crippen LogP contribution is 2.32. The summed E-state index contributed by atoms with van der Waals surface area (Å²) >= 11 is 0. The van der Waals surface area contributed by atoms with Gasteiger partial charge in [-0.2, -0.15) is 5.11 Å². The van der Waals surface area contributed by atoms with E-state index >= 15 is 0 Å². The van der Waals surface area contributed by atoms with Gasteiger partial charge < -0.3 is 10.8 Å². The number of aromatic hydroxyl groups is 1. The van der Waals surface area contributed by atoms with Crippen LogP contribution in [-0.2, 0) is 0 Å². The number of nitrogen functional groups attached to an aromatic ring is 1. The molecule has 0 unspecified atom stereocenters. The van der Waals surface area contributed by atoms with E-state index in [2.05, 4.69) is 23.2 Å². The summed E-state index contributed by atoms with van der Waals surface area (Å²) in [6.45, 7) is 7.93. The van der Waals surface area contributed by atoms with Crippen molar-refractivity contribution in [2.45, 2.75) is 27.7 Å². The number of phenols is 1. The fraction of sp³-hybridized carbons (Fsp3) is 0.250. The number of anilines is 1. The normalized spacial score (nSPS) is 11.2. The number of nitrogens with zero attached hydrogens (tertiary/aromatic N) is 2. The maximum Gasteiger partial charge on any atom is 0.120 e. The van der Waals surface area contributed by atoms with E-state index in [1.165, 1.54) is 17.2 Å². The van der Waals surface area contributed by atoms with Crippen molar-refractivity contribution in [1.29, 1.82) is 0 Å². The summed E-state index contributed by atoms with van der Waals surface area (Å²) in [4.78, 5) is 0. The molecular formula is C16H19N3O. The predicted molar refractivity (Wildman–Crippen MR) is 82.1 cm³/mol. The Morgan fingerprint density at radius 2 is 1.30 bits per heavy atom. The molecule has 2 rings (SSSR count). The van der Waals surface area contributed by atoms with Crippen molar-refractivity contribution in [3.8, 4) is 5.75 Å². The third kappa shape index (κ3) is 2.79. The Kier molecular flexibility index (Phi) is 3.74. The van der Waals surface area contributed by atoms with Gasteiger partial charge in [-0.3, -0.25) is 0 Å². The van der Waals surface area contributed by atoms with Gasteiger partial charge in [0.15, 0.2) is 0 Å². The van der Waals surface area contributed by atoms with Crippen molar-refractivity contribution in [2.75, 3.05) is 5.73 Å². The van der Waals surface area contributed by atoms with Crippen LogP contribution in [0.1, 0.15) is 22.3 Å². The lowest BCUT2D eigenvalue weighted by Gasteiger charge is -2.06. The molecule has 20 heavy (non-hydrogen) atoms. The van der Waals surface area contributed by atoms with Gasteiger partial charge in [0.05, 0.1) is 11.4 Å². The van der Waals surface area contributed by atoms with Gasteiger partial charge in [0.1, 0.15) is 11.4 Å². The Morgan fingerprint density at radius 3 is 2.00 bits per heavy atom. The highest BCUT2D eigenvalue weighted by atomic mass is 16.3. The number of azo groups is 1. The number of benzene rings is 2. The van der Waals surface area contributed by atoms with Crippen LogP contribution >= 0.6 is 0 Å². The summed E-state index contributed by atoms with van der Waals surface area (Å²) in [5.41, 5.74) is 11.9. The zero-order valence-electron chi connectivity index (χ0n) is 12.2. The molecule has 104 valence electrons. The summed E-state index contributed by atoms with van der Waals surface area (Å²) in [5.74, 6) is 0.170. The summed E-state index contributed by atoms with van der Waals surface area (Å²) in [7, 11) is 0. The molecule has 0 fully saturated rings. The number of hydrogen-bond donors (Lipinski definition) is 2. The summed E-state index contributed by atoms with van der Waals surface area (Å²) in [5, 5.41) is 18.0. The van der Waals surface area contributed by atoms with E-state index in [1.54, 1.807) is 13.0 Å². The van der Waals surface area contributed by atoms with Crippen molar-refractivity contribution in [2.24, 2.45) is 10.2 Å². The van der Waals surface area contributed by atoms with Crippen LogP contribution in [0.2, 0.25) is 0 Å². The van der Waals surface area contributed by atoms with Crippen molar-refractivity contribution in [1.82, 2.24) is 0 Å². The van der Waals surface area contributed by atoms with E-state index in [4.69, 9.17) is 5.73 Å². The molecule has 0 spiro atoms. The number of nitrogens with two attached hydrogens (primary N) is 1. The topological polar surface area (TPSA) is 71.0 Å². The van der Waals surface area contributed by atoms with Gasteiger partial charge in [0.25, 0.3) is 0 Å². The Balaban J connectivity index is 2.39. The average Bonchev–Trinajstić information content (AvgIpc) is 2.37. The molecule has 0 saturated carbocycles. The number of phenolic OH excluding ortho intramolecular Hbond substituents is 1. The lowest BCUT2D eigenvalue weighted by atomic mass is 10.1. The standard InChI is InChI=1S/C16H19N3O/c1-9-5-11(3)14(6-10(9)2)18-19-15-7-12(4)16(20)8-13(15)17/h5-8,20H,17H2,1-4H3. The Hall–Kier alpha value is -2.36. The van der Waals surface area contributed by atoms with Gasteiger partial charge in [-0.15, -0.1) is 5.11 Å². The average molecular weight is 269 g/mol. The Morgan fingerprint density at radius 1 is 0.750 bits per heavy atom. The van der Waals surface area contributed by atoms with E-state index in [-0.39, 0.29) is 5.75 Å². The number of aryl methyl sites for hydroxylation is 4. The minimum absolute atomic E-state index is 0.170. The first-order valence-corrected chi connectivity index (χ1v) is 6.47. The molecule has 4 heteroatoms. The van der Waals surface area contributed by atoms with Gasteiger partial charge >= 0.3 is 0 Å². The van der Waals surface area contributed by atoms with E-state index in [9.17, 15) is 5.11 Å². The number of rotatable bonds is 2. The summed E-state index contributed by atoms with van der Waals surface area (Å²) in [6.07, 6.45) is 0. The molecule has 0 aromatic heterocycles. The van der Waals surface area contributed by atoms with Gasteiger partial charge in [-0.1, -0.05) is 6.07 Å². The molecule has 0 aliphatic rings. The molecule has 3 N–H and O–H groups in total. The minimum Gasteiger partial charge on any atom is -0.508 e. The second-order valence-corrected chi connectivity index (χ2v) is 5.12. The smallest absolute Gasteiger partial charge is 0.120 e. The maximum absolute atomic E-state index is 9.57. The SMILES string of the molecule is Cc1cc(C)c(N=Nc2cc(C)c(O)cc2N)cc1C. The van der Waals surface area contributed by atoms with E-state index in [1.807, 2.05) is 19.9 Å². The first kappa shape index (κ1) is 14.1. The molecular weight excluding hydrogens is 250 g/mol. The van der Waals surface area contributed by atoms with Crippen LogP contribution in [0.15, 0.2) is 34.5 Å². The first-order chi connectivity index (χ1) is 9.38. The van der Waals surface area contributed by atoms with Crippen LogP contribution in [0, 0.1) is 27.7 Å². The van der Waals surface area contributed by atoms with Crippen molar-refractivity contribution in [3.63, 3.8) is 0 Å². The van der Waals surface area contributed by atoms with Crippen LogP contribution in [0.4, 0.5) is 17.1 Å². The lowest BCUT2D eigenvalue weighted by molar-refractivity contribution is 0.471. The number of hydrogen-bond acceptors (Lipinski definition) is 4. The molecule has 0 bridgehead atoms. The lowest BCUT2D eigenvalue weighted by Crippen LogP contribution is -1.87. The molecule has 0 aliphatic carbocycles. The van der Waals surface area contributed by atoms with Crippen molar-refractivity contribution in [3.05, 3.63) is 46.5 Å². The second kappa shape index (κ2) is 5.33. The van der Waals surface area contributed by atoms with Gasteiger partial charge in [0.2, 0.25) is 0 Å². The van der Waals surface area contributed by atoms with E-state index < -0.39 is 0 Å². The second-order valence-electron chi connectivity index (χ2n) is 5.12. The molecule has 0 radical (unpaired) electrons. The van der Waals surface area contributed by atoms with Crippen LogP contribution in [-0.4, -0.2) is 5.11 Å². The quantitative estimate of drug-likeness (QED) is 0.616. The molecule has 0 amide bonds. The van der Waals surface area contributed by atoms with Crippen LogP contribution in [0.25, 0.3) is 0 Å². The van der Waals surface area contributed by atoms with Crippen LogP contribution < -0.4 is 5.73 Å². The maximum atomic E-state index is 9.57. The van der Waals surface area contributed by atoms with E-state index in [0.717, 1.165) is 16.8 Å². The Bertz CT molecular complexity index is 631. The van der Waals surface area contributed by atoms with Gasteiger partial charge in [-0.25, -0.2) is 0 Å². The predicted octanol–water partition coefficient (Wildman–Crippen LogP) is 4.62. The monoisotopic (exact) mass is 269 g/mol. The van der Waals surface area contributed by atoms with Crippen LogP contribution in [0.5, 0.6) is 5.75 Å². The van der Waals surface area contributed by atoms with Crippen molar-refractivity contribution < 1.29 is 5.11 Å². The molecule has 4 nitrogen and oxygen atoms in total. The van der Waals surface area contributed by atoms with Crippen molar-refractivity contribution >= 4 is 17.1 Å². The van der Waals surface area contributed by atoms with Crippen LogP contribution in [0.3, 0.4) is 0 Å².